The molecule has 1 amide bonds. The Hall–Kier alpha value is -3.14. The van der Waals surface area contributed by atoms with Gasteiger partial charge in [-0.3, -0.25) is 14.2 Å². The van der Waals surface area contributed by atoms with Crippen LogP contribution in [0.15, 0.2) is 53.3 Å². The molecule has 0 fully saturated rings. The van der Waals surface area contributed by atoms with Crippen LogP contribution in [0.3, 0.4) is 0 Å². The first-order valence-corrected chi connectivity index (χ1v) is 9.88. The standard InChI is InChI=1S/C21H20F3N3O3S/c1-13(12-30-17-9-5-3-7-15(17)21(22,23)24)25-18(28)10-11-27-19(29)14-6-2-4-8-16(14)26-20(27)31/h2-9,13H,10-12H2,1H3,(H,25,28)(H,26,31). The Balaban J connectivity index is 1.58. The molecule has 3 aromatic rings. The normalized spacial score (nSPS) is 12.5. The van der Waals surface area contributed by atoms with Crippen molar-refractivity contribution in [2.45, 2.75) is 32.1 Å². The maximum atomic E-state index is 13.0. The van der Waals surface area contributed by atoms with Crippen LogP contribution in [0.5, 0.6) is 5.75 Å². The summed E-state index contributed by atoms with van der Waals surface area (Å²) in [4.78, 5) is 27.8. The Kier molecular flexibility index (Phi) is 6.79. The summed E-state index contributed by atoms with van der Waals surface area (Å²) in [5, 5.41) is 3.11. The van der Waals surface area contributed by atoms with E-state index >= 15 is 0 Å². The number of carbonyl (C=O) groups excluding carboxylic acids is 1. The van der Waals surface area contributed by atoms with Gasteiger partial charge in [0.05, 0.1) is 22.5 Å². The summed E-state index contributed by atoms with van der Waals surface area (Å²) in [5.41, 5.74) is -0.561. The van der Waals surface area contributed by atoms with Gasteiger partial charge in [0, 0.05) is 13.0 Å². The van der Waals surface area contributed by atoms with Crippen LogP contribution in [0.1, 0.15) is 18.9 Å². The fraction of sp³-hybridized carbons (Fsp3) is 0.286. The Morgan fingerprint density at radius 2 is 1.87 bits per heavy atom. The van der Waals surface area contributed by atoms with E-state index in [9.17, 15) is 22.8 Å². The van der Waals surface area contributed by atoms with Gasteiger partial charge in [-0.2, -0.15) is 13.2 Å². The van der Waals surface area contributed by atoms with Crippen molar-refractivity contribution in [3.05, 3.63) is 69.2 Å². The number of H-pyrrole nitrogens is 1. The number of aromatic nitrogens is 2. The zero-order valence-electron chi connectivity index (χ0n) is 16.5. The molecule has 0 spiro atoms. The number of hydrogen-bond donors (Lipinski definition) is 2. The molecule has 1 atom stereocenters. The molecule has 2 N–H and O–H groups in total. The molecule has 31 heavy (non-hydrogen) atoms. The van der Waals surface area contributed by atoms with Crippen LogP contribution in [0, 0.1) is 4.77 Å². The number of alkyl halides is 3. The summed E-state index contributed by atoms with van der Waals surface area (Å²) in [6.45, 7) is 1.53. The molecule has 3 rings (SSSR count). The van der Waals surface area contributed by atoms with Crippen LogP contribution in [0.2, 0.25) is 0 Å². The molecule has 0 aliphatic rings. The fourth-order valence-electron chi connectivity index (χ4n) is 3.05. The number of halogens is 3. The van der Waals surface area contributed by atoms with Crippen molar-refractivity contribution >= 4 is 29.0 Å². The van der Waals surface area contributed by atoms with E-state index in [2.05, 4.69) is 10.3 Å². The smallest absolute Gasteiger partial charge is 0.419 e. The number of aromatic amines is 1. The van der Waals surface area contributed by atoms with Gasteiger partial charge in [0.1, 0.15) is 12.4 Å². The van der Waals surface area contributed by atoms with Gasteiger partial charge in [0.25, 0.3) is 5.56 Å². The highest BCUT2D eigenvalue weighted by atomic mass is 32.1. The van der Waals surface area contributed by atoms with Gasteiger partial charge in [-0.1, -0.05) is 24.3 Å². The molecule has 6 nitrogen and oxygen atoms in total. The molecular formula is C21H20F3N3O3S. The fourth-order valence-corrected chi connectivity index (χ4v) is 3.33. The Bertz CT molecular complexity index is 1200. The summed E-state index contributed by atoms with van der Waals surface area (Å²) >= 11 is 5.21. The first-order chi connectivity index (χ1) is 14.7. The highest BCUT2D eigenvalue weighted by Crippen LogP contribution is 2.35. The Labute approximate surface area is 180 Å². The lowest BCUT2D eigenvalue weighted by molar-refractivity contribution is -0.139. The molecule has 0 saturated heterocycles. The van der Waals surface area contributed by atoms with Crippen LogP contribution in [0.4, 0.5) is 13.2 Å². The van der Waals surface area contributed by atoms with Crippen molar-refractivity contribution in [2.24, 2.45) is 0 Å². The minimum Gasteiger partial charge on any atom is -0.491 e. The van der Waals surface area contributed by atoms with Crippen molar-refractivity contribution in [1.29, 1.82) is 0 Å². The van der Waals surface area contributed by atoms with Gasteiger partial charge in [-0.25, -0.2) is 0 Å². The topological polar surface area (TPSA) is 76.1 Å². The van der Waals surface area contributed by atoms with Gasteiger partial charge in [0.2, 0.25) is 5.91 Å². The van der Waals surface area contributed by atoms with Crippen LogP contribution < -0.4 is 15.6 Å². The number of rotatable bonds is 7. The molecule has 0 bridgehead atoms. The predicted octanol–water partition coefficient (Wildman–Crippen LogP) is 4.05. The second kappa shape index (κ2) is 9.34. The maximum Gasteiger partial charge on any atom is 0.419 e. The first-order valence-electron chi connectivity index (χ1n) is 9.47. The molecule has 0 aliphatic carbocycles. The number of fused-ring (bicyclic) bond motifs is 1. The largest absolute Gasteiger partial charge is 0.491 e. The number of nitrogens with one attached hydrogen (secondary N) is 2. The quantitative estimate of drug-likeness (QED) is 0.532. The lowest BCUT2D eigenvalue weighted by Gasteiger charge is -2.18. The van der Waals surface area contributed by atoms with Crippen molar-refractivity contribution < 1.29 is 22.7 Å². The molecule has 1 aromatic heterocycles. The summed E-state index contributed by atoms with van der Waals surface area (Å²) in [6, 6.07) is 11.3. The van der Waals surface area contributed by atoms with E-state index in [0.29, 0.717) is 10.9 Å². The highest BCUT2D eigenvalue weighted by molar-refractivity contribution is 7.71. The molecule has 1 heterocycles. The van der Waals surface area contributed by atoms with Crippen molar-refractivity contribution in [1.82, 2.24) is 14.9 Å². The number of ether oxygens (including phenoxy) is 1. The van der Waals surface area contributed by atoms with E-state index < -0.39 is 17.8 Å². The summed E-state index contributed by atoms with van der Waals surface area (Å²) in [5.74, 6) is -0.681. The van der Waals surface area contributed by atoms with Crippen LogP contribution in [-0.4, -0.2) is 28.1 Å². The van der Waals surface area contributed by atoms with E-state index in [0.717, 1.165) is 6.07 Å². The summed E-state index contributed by atoms with van der Waals surface area (Å²) in [7, 11) is 0. The molecule has 0 radical (unpaired) electrons. The van der Waals surface area contributed by atoms with Gasteiger partial charge < -0.3 is 15.0 Å². The third-order valence-electron chi connectivity index (χ3n) is 4.54. The molecule has 0 aliphatic heterocycles. The third-order valence-corrected chi connectivity index (χ3v) is 4.86. The number of hydrogen-bond acceptors (Lipinski definition) is 4. The number of para-hydroxylation sites is 2. The molecule has 2 aromatic carbocycles. The average molecular weight is 451 g/mol. The molecule has 1 unspecified atom stereocenters. The minimum absolute atomic E-state index is 0.0286. The van der Waals surface area contributed by atoms with Crippen molar-refractivity contribution in [3.8, 4) is 5.75 Å². The van der Waals surface area contributed by atoms with E-state index in [4.69, 9.17) is 17.0 Å². The Morgan fingerprint density at radius 1 is 1.19 bits per heavy atom. The average Bonchev–Trinajstić information content (AvgIpc) is 2.71. The zero-order valence-corrected chi connectivity index (χ0v) is 17.3. The summed E-state index contributed by atoms with van der Waals surface area (Å²) in [6.07, 6.45) is -4.56. The predicted molar refractivity (Wildman–Crippen MR) is 113 cm³/mol. The third kappa shape index (κ3) is 5.52. The highest BCUT2D eigenvalue weighted by Gasteiger charge is 2.34. The number of nitrogens with zero attached hydrogens (tertiary/aromatic N) is 1. The molecular weight excluding hydrogens is 431 g/mol. The zero-order chi connectivity index (χ0) is 22.6. The molecule has 0 saturated carbocycles. The van der Waals surface area contributed by atoms with Crippen molar-refractivity contribution in [3.63, 3.8) is 0 Å². The van der Waals surface area contributed by atoms with Gasteiger partial charge in [-0.05, 0) is 43.4 Å². The number of amides is 1. The van der Waals surface area contributed by atoms with Gasteiger partial charge >= 0.3 is 6.18 Å². The van der Waals surface area contributed by atoms with Gasteiger partial charge in [0.15, 0.2) is 4.77 Å². The lowest BCUT2D eigenvalue weighted by atomic mass is 10.2. The van der Waals surface area contributed by atoms with Crippen LogP contribution in [-0.2, 0) is 17.5 Å². The van der Waals surface area contributed by atoms with Crippen LogP contribution in [0.25, 0.3) is 10.9 Å². The van der Waals surface area contributed by atoms with E-state index in [1.54, 1.807) is 31.2 Å². The number of carbonyl (C=O) groups is 1. The molecule has 164 valence electrons. The second-order valence-corrected chi connectivity index (χ2v) is 7.34. The first kappa shape index (κ1) is 22.5. The second-order valence-electron chi connectivity index (χ2n) is 6.96. The van der Waals surface area contributed by atoms with Crippen LogP contribution >= 0.6 is 12.2 Å². The van der Waals surface area contributed by atoms with E-state index in [1.165, 1.54) is 22.8 Å². The minimum atomic E-state index is -4.53. The lowest BCUT2D eigenvalue weighted by Crippen LogP contribution is -2.37. The summed E-state index contributed by atoms with van der Waals surface area (Å²) < 4.78 is 45.8. The van der Waals surface area contributed by atoms with E-state index in [-0.39, 0.29) is 41.6 Å². The maximum absolute atomic E-state index is 13.0. The SMILES string of the molecule is CC(COc1ccccc1C(F)(F)F)NC(=O)CCn1c(=S)[nH]c2ccccc2c1=O. The van der Waals surface area contributed by atoms with E-state index in [1.807, 2.05) is 0 Å². The Morgan fingerprint density at radius 3 is 2.61 bits per heavy atom. The molecule has 10 heteroatoms. The van der Waals surface area contributed by atoms with Crippen molar-refractivity contribution in [2.75, 3.05) is 6.61 Å². The monoisotopic (exact) mass is 451 g/mol. The number of benzene rings is 2. The van der Waals surface area contributed by atoms with Gasteiger partial charge in [-0.15, -0.1) is 0 Å².